The Morgan fingerprint density at radius 1 is 1.21 bits per heavy atom. The second-order valence-electron chi connectivity index (χ2n) is 5.81. The number of nitrogens with one attached hydrogen (secondary N) is 1. The molecule has 0 aromatic rings. The molecule has 2 rings (SSSR count). The lowest BCUT2D eigenvalue weighted by Gasteiger charge is -2.33. The van der Waals surface area contributed by atoms with Crippen molar-refractivity contribution in [1.82, 2.24) is 15.1 Å². The fraction of sp³-hybridized carbons (Fsp3) is 0.857. The molecule has 1 N–H and O–H groups in total. The Balaban J connectivity index is 1.94. The molecule has 0 radical (unpaired) electrons. The maximum absolute atomic E-state index is 12.4. The number of hydrogen-bond donors (Lipinski definition) is 1. The van der Waals surface area contributed by atoms with Crippen molar-refractivity contribution < 1.29 is 9.59 Å². The minimum absolute atomic E-state index is 0.00563. The van der Waals surface area contributed by atoms with Crippen molar-refractivity contribution in [3.05, 3.63) is 0 Å². The van der Waals surface area contributed by atoms with Gasteiger partial charge in [-0.1, -0.05) is 6.92 Å². The molecule has 108 valence electrons. The van der Waals surface area contributed by atoms with Gasteiger partial charge in [0.2, 0.25) is 11.8 Å². The SMILES string of the molecule is CCC1NC(=O)CCN(CC2CCN(C)CC2)C1=O. The van der Waals surface area contributed by atoms with Gasteiger partial charge < -0.3 is 15.1 Å². The van der Waals surface area contributed by atoms with Crippen LogP contribution in [0, 0.1) is 5.92 Å². The van der Waals surface area contributed by atoms with E-state index < -0.39 is 0 Å². The molecule has 19 heavy (non-hydrogen) atoms. The summed E-state index contributed by atoms with van der Waals surface area (Å²) in [4.78, 5) is 28.2. The van der Waals surface area contributed by atoms with E-state index in [4.69, 9.17) is 0 Å². The average Bonchev–Trinajstić information content (AvgIpc) is 2.54. The van der Waals surface area contributed by atoms with Crippen molar-refractivity contribution in [2.24, 2.45) is 5.92 Å². The summed E-state index contributed by atoms with van der Waals surface area (Å²) in [5, 5.41) is 2.81. The normalized spacial score (nSPS) is 27.3. The van der Waals surface area contributed by atoms with Gasteiger partial charge >= 0.3 is 0 Å². The molecule has 0 spiro atoms. The van der Waals surface area contributed by atoms with Crippen LogP contribution in [0.25, 0.3) is 0 Å². The molecule has 5 heteroatoms. The highest BCUT2D eigenvalue weighted by Crippen LogP contribution is 2.19. The van der Waals surface area contributed by atoms with Crippen LogP contribution in [0.1, 0.15) is 32.6 Å². The molecule has 0 aromatic carbocycles. The van der Waals surface area contributed by atoms with Gasteiger partial charge in [0.05, 0.1) is 0 Å². The zero-order valence-corrected chi connectivity index (χ0v) is 12.0. The third-order valence-corrected chi connectivity index (χ3v) is 4.28. The molecule has 5 nitrogen and oxygen atoms in total. The van der Waals surface area contributed by atoms with E-state index in [1.54, 1.807) is 0 Å². The lowest BCUT2D eigenvalue weighted by molar-refractivity contribution is -0.134. The Kier molecular flexibility index (Phi) is 4.80. The fourth-order valence-electron chi connectivity index (χ4n) is 2.91. The fourth-order valence-corrected chi connectivity index (χ4v) is 2.91. The highest BCUT2D eigenvalue weighted by Gasteiger charge is 2.30. The first-order valence-electron chi connectivity index (χ1n) is 7.36. The second-order valence-corrected chi connectivity index (χ2v) is 5.81. The van der Waals surface area contributed by atoms with Crippen LogP contribution in [0.15, 0.2) is 0 Å². The van der Waals surface area contributed by atoms with Crippen molar-refractivity contribution in [2.75, 3.05) is 33.2 Å². The number of amides is 2. The first-order valence-corrected chi connectivity index (χ1v) is 7.36. The standard InChI is InChI=1S/C14H25N3O2/c1-3-12-14(19)17(9-6-13(18)15-12)10-11-4-7-16(2)8-5-11/h11-12H,3-10H2,1-2H3,(H,15,18). The van der Waals surface area contributed by atoms with E-state index in [1.807, 2.05) is 11.8 Å². The van der Waals surface area contributed by atoms with Gasteiger partial charge in [-0.05, 0) is 45.3 Å². The van der Waals surface area contributed by atoms with Gasteiger partial charge in [-0.25, -0.2) is 0 Å². The summed E-state index contributed by atoms with van der Waals surface area (Å²) in [6.07, 6.45) is 3.42. The number of piperidine rings is 1. The maximum Gasteiger partial charge on any atom is 0.245 e. The van der Waals surface area contributed by atoms with Crippen molar-refractivity contribution in [3.8, 4) is 0 Å². The number of likely N-dealkylation sites (tertiary alicyclic amines) is 1. The van der Waals surface area contributed by atoms with Gasteiger partial charge in [0.25, 0.3) is 0 Å². The second kappa shape index (κ2) is 6.37. The number of carbonyl (C=O) groups is 2. The van der Waals surface area contributed by atoms with Gasteiger partial charge in [-0.3, -0.25) is 9.59 Å². The topological polar surface area (TPSA) is 52.7 Å². The predicted octanol–water partition coefficient (Wildman–Crippen LogP) is 0.455. The van der Waals surface area contributed by atoms with Crippen LogP contribution in [-0.4, -0.2) is 60.9 Å². The number of nitrogens with zero attached hydrogens (tertiary/aromatic N) is 2. The van der Waals surface area contributed by atoms with Crippen molar-refractivity contribution in [2.45, 2.75) is 38.6 Å². The summed E-state index contributed by atoms with van der Waals surface area (Å²) in [5.74, 6) is 0.698. The Hall–Kier alpha value is -1.10. The molecule has 1 atom stereocenters. The summed E-state index contributed by atoms with van der Waals surface area (Å²) in [6.45, 7) is 5.57. The summed E-state index contributed by atoms with van der Waals surface area (Å²) < 4.78 is 0. The molecule has 2 aliphatic rings. The zero-order valence-electron chi connectivity index (χ0n) is 12.0. The summed E-state index contributed by atoms with van der Waals surface area (Å²) >= 11 is 0. The van der Waals surface area contributed by atoms with Gasteiger partial charge in [0, 0.05) is 19.5 Å². The molecule has 0 saturated carbocycles. The van der Waals surface area contributed by atoms with Crippen LogP contribution in [0.4, 0.5) is 0 Å². The van der Waals surface area contributed by atoms with E-state index in [9.17, 15) is 9.59 Å². The molecule has 0 aromatic heterocycles. The average molecular weight is 267 g/mol. The van der Waals surface area contributed by atoms with Crippen molar-refractivity contribution in [1.29, 1.82) is 0 Å². The number of carbonyl (C=O) groups excluding carboxylic acids is 2. The Morgan fingerprint density at radius 3 is 2.53 bits per heavy atom. The van der Waals surface area contributed by atoms with Gasteiger partial charge in [-0.15, -0.1) is 0 Å². The van der Waals surface area contributed by atoms with E-state index >= 15 is 0 Å². The first kappa shape index (κ1) is 14.3. The van der Waals surface area contributed by atoms with Crippen LogP contribution in [0.2, 0.25) is 0 Å². The lowest BCUT2D eigenvalue weighted by atomic mass is 9.96. The van der Waals surface area contributed by atoms with Crippen molar-refractivity contribution in [3.63, 3.8) is 0 Å². The predicted molar refractivity (Wildman–Crippen MR) is 73.6 cm³/mol. The van der Waals surface area contributed by atoms with E-state index in [0.29, 0.717) is 25.3 Å². The number of rotatable bonds is 3. The highest BCUT2D eigenvalue weighted by atomic mass is 16.2. The van der Waals surface area contributed by atoms with E-state index in [1.165, 1.54) is 0 Å². The molecular formula is C14H25N3O2. The first-order chi connectivity index (χ1) is 9.10. The van der Waals surface area contributed by atoms with E-state index in [0.717, 1.165) is 32.5 Å². The van der Waals surface area contributed by atoms with Crippen LogP contribution in [0.5, 0.6) is 0 Å². The minimum atomic E-state index is -0.318. The Morgan fingerprint density at radius 2 is 1.89 bits per heavy atom. The lowest BCUT2D eigenvalue weighted by Crippen LogP contribution is -2.46. The molecule has 1 unspecified atom stereocenters. The molecule has 2 amide bonds. The number of hydrogen-bond acceptors (Lipinski definition) is 3. The van der Waals surface area contributed by atoms with E-state index in [-0.39, 0.29) is 17.9 Å². The molecular weight excluding hydrogens is 242 g/mol. The maximum atomic E-state index is 12.4. The largest absolute Gasteiger partial charge is 0.344 e. The van der Waals surface area contributed by atoms with Gasteiger partial charge in [-0.2, -0.15) is 0 Å². The Labute approximate surface area is 115 Å². The van der Waals surface area contributed by atoms with Crippen LogP contribution in [0.3, 0.4) is 0 Å². The Bertz CT molecular complexity index is 338. The highest BCUT2D eigenvalue weighted by molar-refractivity contribution is 5.89. The third kappa shape index (κ3) is 3.69. The van der Waals surface area contributed by atoms with Crippen LogP contribution < -0.4 is 5.32 Å². The van der Waals surface area contributed by atoms with Crippen molar-refractivity contribution >= 4 is 11.8 Å². The minimum Gasteiger partial charge on any atom is -0.344 e. The van der Waals surface area contributed by atoms with Crippen LogP contribution in [-0.2, 0) is 9.59 Å². The molecule has 2 saturated heterocycles. The van der Waals surface area contributed by atoms with Gasteiger partial charge in [0.15, 0.2) is 0 Å². The summed E-state index contributed by atoms with van der Waals surface area (Å²) in [5.41, 5.74) is 0. The van der Waals surface area contributed by atoms with Crippen LogP contribution >= 0.6 is 0 Å². The third-order valence-electron chi connectivity index (χ3n) is 4.28. The molecule has 2 heterocycles. The summed E-state index contributed by atoms with van der Waals surface area (Å²) in [7, 11) is 2.14. The monoisotopic (exact) mass is 267 g/mol. The van der Waals surface area contributed by atoms with Gasteiger partial charge in [0.1, 0.15) is 6.04 Å². The molecule has 0 bridgehead atoms. The quantitative estimate of drug-likeness (QED) is 0.808. The molecule has 0 aliphatic carbocycles. The van der Waals surface area contributed by atoms with E-state index in [2.05, 4.69) is 17.3 Å². The summed E-state index contributed by atoms with van der Waals surface area (Å²) in [6, 6.07) is -0.318. The smallest absolute Gasteiger partial charge is 0.245 e. The molecule has 2 fully saturated rings. The molecule has 2 aliphatic heterocycles. The zero-order chi connectivity index (χ0) is 13.8.